The number of anilines is 2. The Balaban J connectivity index is 1.61. The molecule has 10 heteroatoms. The van der Waals surface area contributed by atoms with Gasteiger partial charge in [-0.2, -0.15) is 8.78 Å². The Morgan fingerprint density at radius 3 is 2.64 bits per heavy atom. The van der Waals surface area contributed by atoms with Gasteiger partial charge in [-0.15, -0.1) is 0 Å². The van der Waals surface area contributed by atoms with E-state index in [1.807, 2.05) is 24.0 Å². The maximum absolute atomic E-state index is 13.0. The standard InChI is InChI=1S/C23H21F2IN4O3/c1-14-19(3-2-9-27-14)20-11-15(12-28-21(20)30-10-8-17(31)13-30)22(32)29-16-4-6-18(7-5-16)33-23(24,25)26/h2-7,9,11-12,17,31H,8,10,13H2,1H3,(H,29,32)/t17-/m1/s1. The SMILES string of the molecule is Cc1ncccc1-c1cc(C(=O)Nc2ccc(OC(F)(F)I)cc2)cnc1N1CC[C@@H](O)C1. The van der Waals surface area contributed by atoms with E-state index in [0.29, 0.717) is 36.6 Å². The number of aryl methyl sites for hydroxylation is 1. The van der Waals surface area contributed by atoms with Crippen molar-refractivity contribution in [3.8, 4) is 16.9 Å². The molecular weight excluding hydrogens is 545 g/mol. The van der Waals surface area contributed by atoms with Gasteiger partial charge in [0.15, 0.2) is 0 Å². The molecule has 172 valence electrons. The lowest BCUT2D eigenvalue weighted by Crippen LogP contribution is -2.23. The summed E-state index contributed by atoms with van der Waals surface area (Å²) in [5.74, 6) is 0.271. The highest BCUT2D eigenvalue weighted by molar-refractivity contribution is 14.1. The van der Waals surface area contributed by atoms with Crippen LogP contribution < -0.4 is 15.0 Å². The normalized spacial score (nSPS) is 16.0. The maximum atomic E-state index is 13.0. The van der Waals surface area contributed by atoms with E-state index in [1.165, 1.54) is 30.5 Å². The van der Waals surface area contributed by atoms with Crippen LogP contribution in [0.4, 0.5) is 20.3 Å². The van der Waals surface area contributed by atoms with Crippen molar-refractivity contribution in [2.24, 2.45) is 0 Å². The first-order chi connectivity index (χ1) is 15.7. The zero-order valence-corrected chi connectivity index (χ0v) is 19.8. The third-order valence-corrected chi connectivity index (χ3v) is 5.45. The van der Waals surface area contributed by atoms with Gasteiger partial charge >= 0.3 is 4.12 Å². The number of nitrogens with zero attached hydrogens (tertiary/aromatic N) is 3. The van der Waals surface area contributed by atoms with Gasteiger partial charge in [0.1, 0.15) is 11.6 Å². The highest BCUT2D eigenvalue weighted by Gasteiger charge is 2.27. The predicted octanol–water partition coefficient (Wildman–Crippen LogP) is 4.64. The molecule has 1 aliphatic heterocycles. The second kappa shape index (κ2) is 9.56. The molecule has 0 aliphatic carbocycles. The van der Waals surface area contributed by atoms with Gasteiger partial charge in [0.2, 0.25) is 0 Å². The number of hydrogen-bond donors (Lipinski definition) is 2. The quantitative estimate of drug-likeness (QED) is 0.334. The summed E-state index contributed by atoms with van der Waals surface area (Å²) in [4.78, 5) is 23.8. The minimum Gasteiger partial charge on any atom is -0.425 e. The van der Waals surface area contributed by atoms with Crippen LogP contribution in [0.25, 0.3) is 11.1 Å². The largest absolute Gasteiger partial charge is 0.451 e. The summed E-state index contributed by atoms with van der Waals surface area (Å²) in [6.07, 6.45) is 3.41. The van der Waals surface area contributed by atoms with Crippen LogP contribution in [0.3, 0.4) is 0 Å². The third-order valence-electron chi connectivity index (χ3n) is 5.23. The van der Waals surface area contributed by atoms with Crippen LogP contribution in [-0.2, 0) is 0 Å². The average Bonchev–Trinajstić information content (AvgIpc) is 3.20. The lowest BCUT2D eigenvalue weighted by Gasteiger charge is -2.21. The Hall–Kier alpha value is -2.86. The molecule has 0 spiro atoms. The number of β-amino-alcohol motifs (C(OH)–C–C–N with tert-alkyl or cyclic N) is 1. The lowest BCUT2D eigenvalue weighted by molar-refractivity contribution is -0.0691. The summed E-state index contributed by atoms with van der Waals surface area (Å²) < 4.78 is 27.1. The van der Waals surface area contributed by atoms with Crippen molar-refractivity contribution in [3.63, 3.8) is 0 Å². The van der Waals surface area contributed by atoms with Gasteiger partial charge in [0.05, 0.1) is 34.3 Å². The van der Waals surface area contributed by atoms with E-state index in [2.05, 4.69) is 20.0 Å². The highest BCUT2D eigenvalue weighted by Crippen LogP contribution is 2.33. The van der Waals surface area contributed by atoms with Crippen LogP contribution in [0.1, 0.15) is 22.5 Å². The Morgan fingerprint density at radius 1 is 1.24 bits per heavy atom. The van der Waals surface area contributed by atoms with E-state index in [9.17, 15) is 18.7 Å². The molecule has 1 amide bonds. The minimum absolute atomic E-state index is 0.0134. The fourth-order valence-corrected chi connectivity index (χ4v) is 3.93. The number of amides is 1. The summed E-state index contributed by atoms with van der Waals surface area (Å²) >= 11 is 0.890. The fourth-order valence-electron chi connectivity index (χ4n) is 3.68. The topological polar surface area (TPSA) is 87.6 Å². The minimum atomic E-state index is -3.32. The number of carbonyl (C=O) groups excluding carboxylic acids is 1. The molecule has 3 aromatic rings. The van der Waals surface area contributed by atoms with Gasteiger partial charge in [0.25, 0.3) is 5.91 Å². The van der Waals surface area contributed by atoms with Crippen molar-refractivity contribution in [1.29, 1.82) is 0 Å². The molecule has 4 rings (SSSR count). The van der Waals surface area contributed by atoms with Crippen molar-refractivity contribution < 1.29 is 23.4 Å². The third kappa shape index (κ3) is 5.74. The summed E-state index contributed by atoms with van der Waals surface area (Å²) in [5.41, 5.74) is 3.14. The highest BCUT2D eigenvalue weighted by atomic mass is 127. The molecule has 2 aromatic heterocycles. The number of aliphatic hydroxyl groups excluding tert-OH is 1. The van der Waals surface area contributed by atoms with Crippen molar-refractivity contribution in [2.45, 2.75) is 23.6 Å². The first-order valence-corrected chi connectivity index (χ1v) is 11.3. The fraction of sp³-hybridized carbons (Fsp3) is 0.261. The second-order valence-electron chi connectivity index (χ2n) is 7.65. The van der Waals surface area contributed by atoms with Crippen molar-refractivity contribution in [3.05, 3.63) is 66.1 Å². The van der Waals surface area contributed by atoms with Crippen LogP contribution >= 0.6 is 22.6 Å². The molecule has 1 fully saturated rings. The van der Waals surface area contributed by atoms with Crippen molar-refractivity contribution in [2.75, 3.05) is 23.3 Å². The smallest absolute Gasteiger partial charge is 0.425 e. The van der Waals surface area contributed by atoms with E-state index in [-0.39, 0.29) is 5.75 Å². The van der Waals surface area contributed by atoms with Gasteiger partial charge in [-0.05, 0) is 49.7 Å². The number of nitrogens with one attached hydrogen (secondary N) is 1. The van der Waals surface area contributed by atoms with Gasteiger partial charge < -0.3 is 20.1 Å². The second-order valence-corrected chi connectivity index (χ2v) is 8.90. The molecule has 1 aliphatic rings. The van der Waals surface area contributed by atoms with Gasteiger partial charge in [0, 0.05) is 48.0 Å². The molecular formula is C23H21F2IN4O3. The maximum Gasteiger partial charge on any atom is 0.451 e. The van der Waals surface area contributed by atoms with Gasteiger partial charge in [-0.3, -0.25) is 9.78 Å². The van der Waals surface area contributed by atoms with Crippen LogP contribution in [-0.4, -0.2) is 44.3 Å². The summed E-state index contributed by atoms with van der Waals surface area (Å²) in [7, 11) is 0. The predicted molar refractivity (Wildman–Crippen MR) is 129 cm³/mol. The summed E-state index contributed by atoms with van der Waals surface area (Å²) in [5, 5.41) is 12.7. The number of carbonyl (C=O) groups is 1. The Labute approximate surface area is 203 Å². The number of rotatable bonds is 6. The summed E-state index contributed by atoms with van der Waals surface area (Å²) in [6, 6.07) is 11.2. The van der Waals surface area contributed by atoms with Crippen LogP contribution in [0.15, 0.2) is 54.9 Å². The molecule has 3 heterocycles. The number of ether oxygens (including phenoxy) is 1. The lowest BCUT2D eigenvalue weighted by atomic mass is 10.0. The zero-order valence-electron chi connectivity index (χ0n) is 17.6. The molecule has 2 N–H and O–H groups in total. The molecule has 1 aromatic carbocycles. The van der Waals surface area contributed by atoms with Crippen LogP contribution in [0.2, 0.25) is 0 Å². The van der Waals surface area contributed by atoms with E-state index >= 15 is 0 Å². The number of aromatic nitrogens is 2. The number of pyridine rings is 2. The molecule has 0 unspecified atom stereocenters. The van der Waals surface area contributed by atoms with Crippen molar-refractivity contribution >= 4 is 40.0 Å². The Kier molecular flexibility index (Phi) is 6.75. The number of benzene rings is 1. The zero-order chi connectivity index (χ0) is 23.6. The van der Waals surface area contributed by atoms with E-state index in [0.717, 1.165) is 39.4 Å². The Morgan fingerprint density at radius 2 is 2.00 bits per heavy atom. The first kappa shape index (κ1) is 23.3. The molecule has 1 atom stereocenters. The van der Waals surface area contributed by atoms with Crippen LogP contribution in [0, 0.1) is 6.92 Å². The molecule has 0 saturated carbocycles. The van der Waals surface area contributed by atoms with E-state index < -0.39 is 16.1 Å². The number of alkyl halides is 3. The number of halogens is 3. The van der Waals surface area contributed by atoms with Gasteiger partial charge in [-0.25, -0.2) is 4.98 Å². The first-order valence-electron chi connectivity index (χ1n) is 10.2. The molecule has 1 saturated heterocycles. The van der Waals surface area contributed by atoms with E-state index in [1.54, 1.807) is 12.3 Å². The van der Waals surface area contributed by atoms with Crippen molar-refractivity contribution in [1.82, 2.24) is 9.97 Å². The number of hydrogen-bond acceptors (Lipinski definition) is 6. The number of aliphatic hydroxyl groups is 1. The monoisotopic (exact) mass is 566 g/mol. The molecule has 33 heavy (non-hydrogen) atoms. The van der Waals surface area contributed by atoms with E-state index in [4.69, 9.17) is 0 Å². The average molecular weight is 566 g/mol. The molecule has 0 bridgehead atoms. The van der Waals surface area contributed by atoms with Gasteiger partial charge in [-0.1, -0.05) is 6.07 Å². The van der Waals surface area contributed by atoms with Crippen LogP contribution in [0.5, 0.6) is 5.75 Å². The summed E-state index contributed by atoms with van der Waals surface area (Å²) in [6.45, 7) is 3.01. The molecule has 0 radical (unpaired) electrons. The Bertz CT molecular complexity index is 1160. The molecule has 7 nitrogen and oxygen atoms in total.